The number of carboxylic acid groups (broad SMARTS) is 1. The van der Waals surface area contributed by atoms with Gasteiger partial charge in [-0.3, -0.25) is 4.79 Å². The molecular weight excluding hydrogens is 302 g/mol. The summed E-state index contributed by atoms with van der Waals surface area (Å²) < 4.78 is 27.1. The molecule has 0 fully saturated rings. The standard InChI is InChI=1S/C12H13NO5S2/c1-7-3-2-4-8-5-10(19-11(7)8)20(17,18)13-9(6-14)12(15)16/h2-5,9,13-14H,6H2,1H3,(H,15,16)/t9-/m1/s1. The van der Waals surface area contributed by atoms with E-state index in [1.54, 1.807) is 6.07 Å². The summed E-state index contributed by atoms with van der Waals surface area (Å²) in [6, 6.07) is 5.43. The number of carbonyl (C=O) groups is 1. The number of fused-ring (bicyclic) bond motifs is 1. The molecule has 1 aromatic carbocycles. The van der Waals surface area contributed by atoms with E-state index in [1.165, 1.54) is 6.07 Å². The predicted molar refractivity (Wildman–Crippen MR) is 75.4 cm³/mol. The summed E-state index contributed by atoms with van der Waals surface area (Å²) in [4.78, 5) is 10.8. The van der Waals surface area contributed by atoms with Gasteiger partial charge in [0, 0.05) is 4.70 Å². The minimum atomic E-state index is -3.97. The van der Waals surface area contributed by atoms with E-state index in [0.717, 1.165) is 27.0 Å². The molecule has 0 aliphatic heterocycles. The number of sulfonamides is 1. The summed E-state index contributed by atoms with van der Waals surface area (Å²) in [6.07, 6.45) is 0. The first-order valence-electron chi connectivity index (χ1n) is 5.70. The molecule has 0 aliphatic carbocycles. The zero-order valence-corrected chi connectivity index (χ0v) is 12.2. The summed E-state index contributed by atoms with van der Waals surface area (Å²) in [7, 11) is -3.97. The number of hydrogen-bond donors (Lipinski definition) is 3. The highest BCUT2D eigenvalue weighted by Crippen LogP contribution is 2.31. The van der Waals surface area contributed by atoms with Crippen LogP contribution >= 0.6 is 11.3 Å². The number of aliphatic hydroxyl groups excluding tert-OH is 1. The van der Waals surface area contributed by atoms with Crippen LogP contribution in [0.2, 0.25) is 0 Å². The SMILES string of the molecule is Cc1cccc2cc(S(=O)(=O)N[C@H](CO)C(=O)O)sc12. The van der Waals surface area contributed by atoms with Crippen molar-refractivity contribution in [2.24, 2.45) is 0 Å². The smallest absolute Gasteiger partial charge is 0.324 e. The Morgan fingerprint density at radius 1 is 1.45 bits per heavy atom. The average Bonchev–Trinajstić information content (AvgIpc) is 2.82. The van der Waals surface area contributed by atoms with Gasteiger partial charge in [-0.15, -0.1) is 11.3 Å². The second-order valence-corrected chi connectivity index (χ2v) is 7.25. The van der Waals surface area contributed by atoms with Crippen molar-refractivity contribution in [1.82, 2.24) is 4.72 Å². The van der Waals surface area contributed by atoms with E-state index in [1.807, 2.05) is 23.8 Å². The Morgan fingerprint density at radius 2 is 2.15 bits per heavy atom. The minimum absolute atomic E-state index is 0.0292. The van der Waals surface area contributed by atoms with Gasteiger partial charge in [-0.25, -0.2) is 8.42 Å². The van der Waals surface area contributed by atoms with Crippen LogP contribution < -0.4 is 4.72 Å². The molecule has 0 aliphatic rings. The predicted octanol–water partition coefficient (Wildman–Crippen LogP) is 0.934. The first kappa shape index (κ1) is 14.9. The molecule has 20 heavy (non-hydrogen) atoms. The molecule has 0 bridgehead atoms. The molecule has 6 nitrogen and oxygen atoms in total. The van der Waals surface area contributed by atoms with Crippen LogP contribution in [-0.4, -0.2) is 37.2 Å². The van der Waals surface area contributed by atoms with E-state index >= 15 is 0 Å². The molecular formula is C12H13NO5S2. The Hall–Kier alpha value is -1.48. The van der Waals surface area contributed by atoms with Crippen LogP contribution in [0.15, 0.2) is 28.5 Å². The summed E-state index contributed by atoms with van der Waals surface area (Å²) in [5.74, 6) is -1.42. The molecule has 1 aromatic heterocycles. The molecule has 108 valence electrons. The van der Waals surface area contributed by atoms with Crippen molar-refractivity contribution < 1.29 is 23.4 Å². The lowest BCUT2D eigenvalue weighted by molar-refractivity contribution is -0.139. The fourth-order valence-corrected chi connectivity index (χ4v) is 4.37. The molecule has 2 aromatic rings. The van der Waals surface area contributed by atoms with Crippen molar-refractivity contribution in [3.05, 3.63) is 29.8 Å². The number of aryl methyl sites for hydroxylation is 1. The van der Waals surface area contributed by atoms with Gasteiger partial charge in [0.15, 0.2) is 0 Å². The zero-order chi connectivity index (χ0) is 14.9. The van der Waals surface area contributed by atoms with Gasteiger partial charge >= 0.3 is 5.97 Å². The van der Waals surface area contributed by atoms with Crippen LogP contribution in [0.5, 0.6) is 0 Å². The second-order valence-electron chi connectivity index (χ2n) is 4.25. The van der Waals surface area contributed by atoms with Crippen molar-refractivity contribution in [2.75, 3.05) is 6.61 Å². The Kier molecular flexibility index (Phi) is 4.09. The molecule has 0 radical (unpaired) electrons. The molecule has 1 heterocycles. The van der Waals surface area contributed by atoms with Gasteiger partial charge in [0.25, 0.3) is 10.0 Å². The molecule has 0 saturated heterocycles. The number of aliphatic hydroxyl groups is 1. The Morgan fingerprint density at radius 3 is 2.70 bits per heavy atom. The van der Waals surface area contributed by atoms with Crippen molar-refractivity contribution >= 4 is 37.4 Å². The zero-order valence-electron chi connectivity index (χ0n) is 10.5. The summed E-state index contributed by atoms with van der Waals surface area (Å²) in [6.45, 7) is 1.06. The molecule has 2 rings (SSSR count). The normalized spacial score (nSPS) is 13.5. The summed E-state index contributed by atoms with van der Waals surface area (Å²) >= 11 is 1.07. The number of benzene rings is 1. The maximum Gasteiger partial charge on any atom is 0.324 e. The first-order chi connectivity index (χ1) is 9.35. The minimum Gasteiger partial charge on any atom is -0.480 e. The highest BCUT2D eigenvalue weighted by atomic mass is 32.2. The van der Waals surface area contributed by atoms with Gasteiger partial charge in [0.2, 0.25) is 0 Å². The lowest BCUT2D eigenvalue weighted by Crippen LogP contribution is -2.42. The van der Waals surface area contributed by atoms with Crippen molar-refractivity contribution in [2.45, 2.75) is 17.2 Å². The van der Waals surface area contributed by atoms with Crippen LogP contribution in [0.1, 0.15) is 5.56 Å². The lowest BCUT2D eigenvalue weighted by Gasteiger charge is -2.10. The number of aliphatic carboxylic acids is 1. The maximum absolute atomic E-state index is 12.1. The number of hydrogen-bond acceptors (Lipinski definition) is 5. The van der Waals surface area contributed by atoms with Gasteiger partial charge in [-0.2, -0.15) is 4.72 Å². The van der Waals surface area contributed by atoms with Crippen LogP contribution in [0.25, 0.3) is 10.1 Å². The third-order valence-corrected chi connectivity index (χ3v) is 5.99. The largest absolute Gasteiger partial charge is 0.480 e. The van der Waals surface area contributed by atoms with Gasteiger partial charge in [0.05, 0.1) is 6.61 Å². The van der Waals surface area contributed by atoms with Gasteiger partial charge in [-0.05, 0) is 23.9 Å². The van der Waals surface area contributed by atoms with Gasteiger partial charge in [-0.1, -0.05) is 18.2 Å². The van der Waals surface area contributed by atoms with Crippen LogP contribution in [0, 0.1) is 6.92 Å². The molecule has 0 unspecified atom stereocenters. The lowest BCUT2D eigenvalue weighted by atomic mass is 10.2. The Bertz CT molecular complexity index is 750. The monoisotopic (exact) mass is 315 g/mol. The van der Waals surface area contributed by atoms with Crippen molar-refractivity contribution in [3.8, 4) is 0 Å². The molecule has 8 heteroatoms. The number of carboxylic acids is 1. The van der Waals surface area contributed by atoms with Gasteiger partial charge < -0.3 is 10.2 Å². The molecule has 0 saturated carbocycles. The van der Waals surface area contributed by atoms with E-state index in [4.69, 9.17) is 10.2 Å². The van der Waals surface area contributed by atoms with Crippen molar-refractivity contribution in [3.63, 3.8) is 0 Å². The maximum atomic E-state index is 12.1. The Balaban J connectivity index is 2.42. The van der Waals surface area contributed by atoms with E-state index in [0.29, 0.717) is 0 Å². The van der Waals surface area contributed by atoms with E-state index in [-0.39, 0.29) is 4.21 Å². The first-order valence-corrected chi connectivity index (χ1v) is 8.00. The average molecular weight is 315 g/mol. The third kappa shape index (κ3) is 2.83. The molecule has 3 N–H and O–H groups in total. The Labute approximate surface area is 119 Å². The number of rotatable bonds is 5. The number of nitrogens with one attached hydrogen (secondary N) is 1. The summed E-state index contributed by atoms with van der Waals surface area (Å²) in [5.41, 5.74) is 0.950. The highest BCUT2D eigenvalue weighted by molar-refractivity contribution is 7.91. The van der Waals surface area contributed by atoms with Crippen LogP contribution in [-0.2, 0) is 14.8 Å². The quantitative estimate of drug-likeness (QED) is 0.761. The van der Waals surface area contributed by atoms with E-state index in [9.17, 15) is 13.2 Å². The molecule has 0 amide bonds. The fourth-order valence-electron chi connectivity index (χ4n) is 1.73. The third-order valence-electron chi connectivity index (χ3n) is 2.76. The molecule has 0 spiro atoms. The van der Waals surface area contributed by atoms with Crippen LogP contribution in [0.4, 0.5) is 0 Å². The van der Waals surface area contributed by atoms with E-state index < -0.39 is 28.6 Å². The molecule has 1 atom stereocenters. The second kappa shape index (κ2) is 5.49. The number of thiophene rings is 1. The summed E-state index contributed by atoms with van der Waals surface area (Å²) in [5, 5.41) is 18.5. The fraction of sp³-hybridized carbons (Fsp3) is 0.250. The van der Waals surface area contributed by atoms with Crippen LogP contribution in [0.3, 0.4) is 0 Å². The van der Waals surface area contributed by atoms with Gasteiger partial charge in [0.1, 0.15) is 10.3 Å². The van der Waals surface area contributed by atoms with E-state index in [2.05, 4.69) is 0 Å². The highest BCUT2D eigenvalue weighted by Gasteiger charge is 2.26. The topological polar surface area (TPSA) is 104 Å². The van der Waals surface area contributed by atoms with Crippen molar-refractivity contribution in [1.29, 1.82) is 0 Å².